The van der Waals surface area contributed by atoms with Gasteiger partial charge in [-0.1, -0.05) is 0 Å². The fraction of sp³-hybridized carbons (Fsp3) is 0.250. The van der Waals surface area contributed by atoms with E-state index >= 15 is 0 Å². The lowest BCUT2D eigenvalue weighted by molar-refractivity contribution is 0.298. The molecule has 0 radical (unpaired) electrons. The number of aromatic nitrogens is 2. The highest BCUT2D eigenvalue weighted by Crippen LogP contribution is 2.25. The molecule has 0 N–H and O–H groups in total. The minimum Gasteiger partial charge on any atom is -0.446 e. The van der Waals surface area contributed by atoms with Gasteiger partial charge in [0.1, 0.15) is 31.0 Å². The van der Waals surface area contributed by atoms with Crippen LogP contribution in [0.1, 0.15) is 13.8 Å². The van der Waals surface area contributed by atoms with Crippen LogP contribution in [-0.2, 0) is 9.47 Å². The van der Waals surface area contributed by atoms with Crippen molar-refractivity contribution >= 4 is 41.5 Å². The number of ether oxygens (including phenoxy) is 2. The average Bonchev–Trinajstić information content (AvgIpc) is 3.01. The molecular formula is C16H10N2O6S2. The lowest BCUT2D eigenvalue weighted by atomic mass is 10.6. The normalized spacial score (nSPS) is 10.2. The molecule has 0 aliphatic heterocycles. The third-order valence-electron chi connectivity index (χ3n) is 3.16. The fourth-order valence-electron chi connectivity index (χ4n) is 2.05. The Hall–Kier alpha value is -3.08. The summed E-state index contributed by atoms with van der Waals surface area (Å²) >= 11 is 1.56. The maximum absolute atomic E-state index is 12.4. The van der Waals surface area contributed by atoms with E-state index in [0.29, 0.717) is 22.3 Å². The van der Waals surface area contributed by atoms with Crippen molar-refractivity contribution in [2.45, 2.75) is 13.8 Å². The van der Waals surface area contributed by atoms with Crippen molar-refractivity contribution in [1.29, 1.82) is 0 Å². The largest absolute Gasteiger partial charge is 0.446 e. The molecule has 0 aromatic carbocycles. The van der Waals surface area contributed by atoms with Gasteiger partial charge in [-0.2, -0.15) is 9.13 Å². The monoisotopic (exact) mass is 390 g/mol. The predicted octanol–water partition coefficient (Wildman–Crippen LogP) is 0.204. The SMILES string of the molecule is CCOC#Cn1c(=O)c2sc3c(=O)n(C#COCC)c(=O)c3sc2c1=O. The molecule has 3 aromatic heterocycles. The number of hydrogen-bond acceptors (Lipinski definition) is 8. The quantitative estimate of drug-likeness (QED) is 0.580. The Labute approximate surface area is 153 Å². The van der Waals surface area contributed by atoms with Gasteiger partial charge < -0.3 is 9.47 Å². The molecule has 0 aliphatic carbocycles. The summed E-state index contributed by atoms with van der Waals surface area (Å²) in [5.41, 5.74) is -2.61. The minimum atomic E-state index is -0.652. The molecule has 0 bridgehead atoms. The second-order valence-electron chi connectivity index (χ2n) is 4.71. The van der Waals surface area contributed by atoms with Gasteiger partial charge in [-0.25, -0.2) is 0 Å². The Balaban J connectivity index is 2.32. The van der Waals surface area contributed by atoms with Gasteiger partial charge in [-0.05, 0) is 13.8 Å². The van der Waals surface area contributed by atoms with Crippen LogP contribution in [0.25, 0.3) is 18.8 Å². The van der Waals surface area contributed by atoms with Crippen LogP contribution in [0.2, 0.25) is 0 Å². The maximum atomic E-state index is 12.4. The number of nitrogens with zero attached hydrogens (tertiary/aromatic N) is 2. The summed E-state index contributed by atoms with van der Waals surface area (Å²) in [6.07, 6.45) is 4.50. The first-order chi connectivity index (χ1) is 12.5. The van der Waals surface area contributed by atoms with Crippen LogP contribution in [0.3, 0.4) is 0 Å². The van der Waals surface area contributed by atoms with E-state index in [-0.39, 0.29) is 18.8 Å². The molecule has 0 atom stereocenters. The Bertz CT molecular complexity index is 1170. The lowest BCUT2D eigenvalue weighted by Crippen LogP contribution is -2.22. The second-order valence-corrected chi connectivity index (χ2v) is 6.75. The van der Waals surface area contributed by atoms with Crippen LogP contribution in [0.15, 0.2) is 19.2 Å². The van der Waals surface area contributed by atoms with E-state index in [9.17, 15) is 19.2 Å². The van der Waals surface area contributed by atoms with Gasteiger partial charge in [-0.3, -0.25) is 19.2 Å². The highest BCUT2D eigenvalue weighted by atomic mass is 32.1. The van der Waals surface area contributed by atoms with E-state index in [0.717, 1.165) is 22.7 Å². The molecule has 0 spiro atoms. The van der Waals surface area contributed by atoms with E-state index in [4.69, 9.17) is 9.47 Å². The smallest absolute Gasteiger partial charge is 0.284 e. The van der Waals surface area contributed by atoms with Crippen molar-refractivity contribution in [1.82, 2.24) is 9.13 Å². The van der Waals surface area contributed by atoms with Crippen LogP contribution in [0.4, 0.5) is 0 Å². The zero-order valence-corrected chi connectivity index (χ0v) is 15.2. The first-order valence-electron chi connectivity index (χ1n) is 7.37. The molecule has 132 valence electrons. The van der Waals surface area contributed by atoms with Gasteiger partial charge in [-0.15, -0.1) is 22.7 Å². The Morgan fingerprint density at radius 1 is 0.692 bits per heavy atom. The molecule has 26 heavy (non-hydrogen) atoms. The molecule has 10 heteroatoms. The highest BCUT2D eigenvalue weighted by molar-refractivity contribution is 7.36. The molecular weight excluding hydrogens is 380 g/mol. The summed E-state index contributed by atoms with van der Waals surface area (Å²) in [7, 11) is 0. The predicted molar refractivity (Wildman–Crippen MR) is 99.1 cm³/mol. The van der Waals surface area contributed by atoms with Crippen LogP contribution in [-0.4, -0.2) is 22.3 Å². The average molecular weight is 390 g/mol. The standard InChI is InChI=1S/C16H10N2O6S2/c1-3-23-7-5-17-13(19)9-10(14(17)20)26-12-11(25-9)15(21)18(16(12)22)6-8-24-4-2/h3-4H2,1-2H3. The van der Waals surface area contributed by atoms with E-state index < -0.39 is 22.2 Å². The van der Waals surface area contributed by atoms with Crippen LogP contribution >= 0.6 is 22.7 Å². The van der Waals surface area contributed by atoms with Crippen molar-refractivity contribution in [3.05, 3.63) is 41.4 Å². The molecule has 0 amide bonds. The summed E-state index contributed by atoms with van der Waals surface area (Å²) in [5.74, 6) is 0. The van der Waals surface area contributed by atoms with Gasteiger partial charge in [0.05, 0.1) is 25.3 Å². The second kappa shape index (κ2) is 7.04. The molecule has 0 fully saturated rings. The molecule has 3 aromatic rings. The number of rotatable bonds is 2. The number of hydrogen-bond donors (Lipinski definition) is 0. The summed E-state index contributed by atoms with van der Waals surface area (Å²) in [4.78, 5) is 49.6. The zero-order chi connectivity index (χ0) is 18.8. The third-order valence-corrected chi connectivity index (χ3v) is 5.75. The van der Waals surface area contributed by atoms with Crippen LogP contribution in [0.5, 0.6) is 0 Å². The van der Waals surface area contributed by atoms with Gasteiger partial charge in [0, 0.05) is 0 Å². The van der Waals surface area contributed by atoms with Crippen molar-refractivity contribution in [3.63, 3.8) is 0 Å². The molecule has 0 unspecified atom stereocenters. The summed E-state index contributed by atoms with van der Waals surface area (Å²) in [6.45, 7) is 4.03. The Morgan fingerprint density at radius 3 is 1.27 bits per heavy atom. The topological polar surface area (TPSA) is 96.6 Å². The Kier molecular flexibility index (Phi) is 4.80. The first kappa shape index (κ1) is 17.7. The summed E-state index contributed by atoms with van der Waals surface area (Å²) in [5, 5.41) is 0. The molecule has 0 aliphatic rings. The third kappa shape index (κ3) is 2.75. The Morgan fingerprint density at radius 2 is 1.00 bits per heavy atom. The summed E-state index contributed by atoms with van der Waals surface area (Å²) in [6, 6.07) is 4.65. The molecule has 3 heterocycles. The highest BCUT2D eigenvalue weighted by Gasteiger charge is 2.20. The van der Waals surface area contributed by atoms with Gasteiger partial charge in [0.25, 0.3) is 22.2 Å². The van der Waals surface area contributed by atoms with Gasteiger partial charge in [0.15, 0.2) is 0 Å². The maximum Gasteiger partial charge on any atom is 0.284 e. The first-order valence-corrected chi connectivity index (χ1v) is 9.01. The zero-order valence-electron chi connectivity index (χ0n) is 13.6. The molecule has 0 saturated heterocycles. The van der Waals surface area contributed by atoms with Crippen molar-refractivity contribution in [2.24, 2.45) is 0 Å². The van der Waals surface area contributed by atoms with E-state index in [1.54, 1.807) is 13.8 Å². The fourth-order valence-corrected chi connectivity index (χ4v) is 4.39. The van der Waals surface area contributed by atoms with Crippen molar-refractivity contribution in [3.8, 4) is 24.3 Å². The summed E-state index contributed by atoms with van der Waals surface area (Å²) < 4.78 is 11.3. The molecule has 8 nitrogen and oxygen atoms in total. The van der Waals surface area contributed by atoms with Gasteiger partial charge in [0.2, 0.25) is 0 Å². The van der Waals surface area contributed by atoms with E-state index in [1.165, 1.54) is 0 Å². The van der Waals surface area contributed by atoms with Crippen molar-refractivity contribution < 1.29 is 9.47 Å². The van der Waals surface area contributed by atoms with E-state index in [1.807, 2.05) is 0 Å². The van der Waals surface area contributed by atoms with Gasteiger partial charge >= 0.3 is 0 Å². The van der Waals surface area contributed by atoms with E-state index in [2.05, 4.69) is 24.3 Å². The molecule has 3 rings (SSSR count). The van der Waals surface area contributed by atoms with Crippen LogP contribution < -0.4 is 22.2 Å². The lowest BCUT2D eigenvalue weighted by Gasteiger charge is -1.85. The molecule has 0 saturated carbocycles. The number of fused-ring (bicyclic) bond motifs is 2. The van der Waals surface area contributed by atoms with Crippen molar-refractivity contribution in [2.75, 3.05) is 13.2 Å². The minimum absolute atomic E-state index is 0.0605. The van der Waals surface area contributed by atoms with Crippen LogP contribution in [0, 0.1) is 24.3 Å².